The molecule has 1 fully saturated rings. The summed E-state index contributed by atoms with van der Waals surface area (Å²) >= 11 is 0. The van der Waals surface area contributed by atoms with Crippen molar-refractivity contribution in [2.45, 2.75) is 38.3 Å². The van der Waals surface area contributed by atoms with Crippen molar-refractivity contribution in [2.24, 2.45) is 0 Å². The minimum Gasteiger partial charge on any atom is -0.396 e. The van der Waals surface area contributed by atoms with Crippen LogP contribution in [0.2, 0.25) is 0 Å². The zero-order valence-corrected chi connectivity index (χ0v) is 11.3. The van der Waals surface area contributed by atoms with Crippen molar-refractivity contribution in [1.29, 1.82) is 0 Å². The fraction of sp³-hybridized carbons (Fsp3) is 0.571. The van der Waals surface area contributed by atoms with E-state index in [0.29, 0.717) is 24.6 Å². The van der Waals surface area contributed by atoms with Crippen LogP contribution in [0.4, 0.5) is 10.1 Å². The van der Waals surface area contributed by atoms with Crippen LogP contribution >= 0.6 is 0 Å². The van der Waals surface area contributed by atoms with Crippen molar-refractivity contribution in [3.8, 4) is 0 Å². The van der Waals surface area contributed by atoms with Gasteiger partial charge in [-0.1, -0.05) is 6.42 Å². The third kappa shape index (κ3) is 3.74. The van der Waals surface area contributed by atoms with Crippen molar-refractivity contribution in [2.75, 3.05) is 13.2 Å². The van der Waals surface area contributed by atoms with Gasteiger partial charge in [0.1, 0.15) is 5.82 Å². The van der Waals surface area contributed by atoms with Crippen molar-refractivity contribution in [3.05, 3.63) is 39.7 Å². The van der Waals surface area contributed by atoms with Gasteiger partial charge in [-0.3, -0.25) is 15.0 Å². The Morgan fingerprint density at radius 2 is 2.15 bits per heavy atom. The molecular weight excluding hydrogens is 263 g/mol. The van der Waals surface area contributed by atoms with Crippen LogP contribution < -0.4 is 0 Å². The lowest BCUT2D eigenvalue weighted by atomic mass is 9.91. The number of nitro groups is 1. The van der Waals surface area contributed by atoms with E-state index in [9.17, 15) is 14.5 Å². The highest BCUT2D eigenvalue weighted by molar-refractivity contribution is 5.35. The van der Waals surface area contributed by atoms with E-state index in [1.165, 1.54) is 18.6 Å². The van der Waals surface area contributed by atoms with Crippen LogP contribution in [0.25, 0.3) is 0 Å². The number of aliphatic hydroxyl groups excluding tert-OH is 1. The number of aliphatic hydroxyl groups is 1. The maximum atomic E-state index is 13.4. The van der Waals surface area contributed by atoms with Gasteiger partial charge < -0.3 is 5.11 Å². The number of benzene rings is 1. The van der Waals surface area contributed by atoms with E-state index in [-0.39, 0.29) is 12.3 Å². The molecule has 1 aliphatic rings. The van der Waals surface area contributed by atoms with E-state index in [2.05, 4.69) is 4.90 Å². The molecule has 0 atom stereocenters. The second-order valence-electron chi connectivity index (χ2n) is 5.21. The zero-order valence-electron chi connectivity index (χ0n) is 11.3. The molecule has 0 aromatic heterocycles. The summed E-state index contributed by atoms with van der Waals surface area (Å²) in [6.07, 6.45) is 4.04. The average molecular weight is 282 g/mol. The monoisotopic (exact) mass is 282 g/mol. The van der Waals surface area contributed by atoms with Gasteiger partial charge in [0.05, 0.1) is 11.0 Å². The quantitative estimate of drug-likeness (QED) is 0.616. The third-order valence-corrected chi connectivity index (χ3v) is 3.73. The first-order chi connectivity index (χ1) is 9.60. The molecule has 0 radical (unpaired) electrons. The van der Waals surface area contributed by atoms with Gasteiger partial charge in [0, 0.05) is 31.8 Å². The molecule has 1 aromatic carbocycles. The maximum absolute atomic E-state index is 13.4. The van der Waals surface area contributed by atoms with Crippen molar-refractivity contribution < 1.29 is 14.4 Å². The lowest BCUT2D eigenvalue weighted by Gasteiger charge is -2.37. The van der Waals surface area contributed by atoms with Crippen molar-refractivity contribution in [3.63, 3.8) is 0 Å². The Kier molecular flexibility index (Phi) is 5.03. The van der Waals surface area contributed by atoms with Gasteiger partial charge in [-0.05, 0) is 30.9 Å². The van der Waals surface area contributed by atoms with Gasteiger partial charge in [-0.15, -0.1) is 0 Å². The number of hydrogen-bond acceptors (Lipinski definition) is 4. The van der Waals surface area contributed by atoms with Crippen molar-refractivity contribution >= 4 is 5.69 Å². The number of nitro benzene ring substituents is 1. The predicted molar refractivity (Wildman–Crippen MR) is 72.8 cm³/mol. The van der Waals surface area contributed by atoms with Crippen LogP contribution in [0.15, 0.2) is 18.2 Å². The number of nitrogens with zero attached hydrogens (tertiary/aromatic N) is 2. The molecule has 2 rings (SSSR count). The second-order valence-corrected chi connectivity index (χ2v) is 5.21. The molecule has 6 heteroatoms. The molecule has 0 spiro atoms. The van der Waals surface area contributed by atoms with Crippen LogP contribution in [-0.4, -0.2) is 34.1 Å². The Balaban J connectivity index is 2.10. The molecule has 0 unspecified atom stereocenters. The van der Waals surface area contributed by atoms with Crippen LogP contribution in [-0.2, 0) is 6.54 Å². The molecule has 0 aliphatic heterocycles. The Hall–Kier alpha value is -1.53. The Morgan fingerprint density at radius 3 is 2.70 bits per heavy atom. The van der Waals surface area contributed by atoms with Gasteiger partial charge in [0.2, 0.25) is 0 Å². The summed E-state index contributed by atoms with van der Waals surface area (Å²) in [5.41, 5.74) is 0.400. The lowest BCUT2D eigenvalue weighted by Crippen LogP contribution is -2.40. The topological polar surface area (TPSA) is 66.6 Å². The summed E-state index contributed by atoms with van der Waals surface area (Å²) in [5.74, 6) is -0.579. The van der Waals surface area contributed by atoms with Crippen molar-refractivity contribution in [1.82, 2.24) is 4.90 Å². The third-order valence-electron chi connectivity index (χ3n) is 3.73. The lowest BCUT2D eigenvalue weighted by molar-refractivity contribution is -0.385. The van der Waals surface area contributed by atoms with Crippen LogP contribution in [0, 0.1) is 15.9 Å². The van der Waals surface area contributed by atoms with Gasteiger partial charge in [0.15, 0.2) is 0 Å². The summed E-state index contributed by atoms with van der Waals surface area (Å²) in [5, 5.41) is 19.7. The van der Waals surface area contributed by atoms with Crippen LogP contribution in [0.5, 0.6) is 0 Å². The van der Waals surface area contributed by atoms with Gasteiger partial charge in [-0.2, -0.15) is 0 Å². The largest absolute Gasteiger partial charge is 0.396 e. The molecule has 1 aromatic rings. The zero-order chi connectivity index (χ0) is 14.5. The summed E-state index contributed by atoms with van der Waals surface area (Å²) in [7, 11) is 0. The SMILES string of the molecule is O=[N+]([O-])c1cc(F)cc(CN(CCCO)C2CCC2)c1. The summed E-state index contributed by atoms with van der Waals surface area (Å²) in [6, 6.07) is 4.15. The number of hydrogen-bond donors (Lipinski definition) is 1. The number of non-ortho nitro benzene ring substituents is 1. The fourth-order valence-electron chi connectivity index (χ4n) is 2.48. The van der Waals surface area contributed by atoms with Crippen LogP contribution in [0.1, 0.15) is 31.2 Å². The van der Waals surface area contributed by atoms with Crippen LogP contribution in [0.3, 0.4) is 0 Å². The minimum atomic E-state index is -0.579. The first kappa shape index (κ1) is 14.9. The predicted octanol–water partition coefficient (Wildman–Crippen LogP) is 2.47. The summed E-state index contributed by atoms with van der Waals surface area (Å²) in [4.78, 5) is 12.4. The molecule has 0 saturated heterocycles. The van der Waals surface area contributed by atoms with E-state index < -0.39 is 10.7 Å². The van der Waals surface area contributed by atoms with Gasteiger partial charge in [-0.25, -0.2) is 4.39 Å². The highest BCUT2D eigenvalue weighted by Gasteiger charge is 2.25. The molecule has 0 amide bonds. The highest BCUT2D eigenvalue weighted by Crippen LogP contribution is 2.27. The molecule has 1 aliphatic carbocycles. The minimum absolute atomic E-state index is 0.118. The Labute approximate surface area is 117 Å². The van der Waals surface area contributed by atoms with E-state index in [0.717, 1.165) is 25.5 Å². The van der Waals surface area contributed by atoms with E-state index in [1.807, 2.05) is 0 Å². The van der Waals surface area contributed by atoms with E-state index in [1.54, 1.807) is 0 Å². The van der Waals surface area contributed by atoms with Gasteiger partial charge >= 0.3 is 0 Å². The molecule has 0 bridgehead atoms. The second kappa shape index (κ2) is 6.76. The smallest absolute Gasteiger partial charge is 0.272 e. The average Bonchev–Trinajstić information content (AvgIpc) is 2.33. The molecule has 1 saturated carbocycles. The summed E-state index contributed by atoms with van der Waals surface area (Å²) < 4.78 is 13.4. The molecule has 20 heavy (non-hydrogen) atoms. The highest BCUT2D eigenvalue weighted by atomic mass is 19.1. The standard InChI is InChI=1S/C14H19FN2O3/c15-12-7-11(8-14(9-12)17(19)20)10-16(5-2-6-18)13-3-1-4-13/h7-9,13,18H,1-6,10H2. The van der Waals surface area contributed by atoms with E-state index in [4.69, 9.17) is 5.11 Å². The normalized spacial score (nSPS) is 15.3. The first-order valence-corrected chi connectivity index (χ1v) is 6.89. The number of rotatable bonds is 7. The van der Waals surface area contributed by atoms with Gasteiger partial charge in [0.25, 0.3) is 5.69 Å². The molecule has 5 nitrogen and oxygen atoms in total. The molecular formula is C14H19FN2O3. The molecule has 0 heterocycles. The fourth-order valence-corrected chi connectivity index (χ4v) is 2.48. The van der Waals surface area contributed by atoms with E-state index >= 15 is 0 Å². The number of halogens is 1. The Morgan fingerprint density at radius 1 is 1.40 bits per heavy atom. The summed E-state index contributed by atoms with van der Waals surface area (Å²) in [6.45, 7) is 1.33. The maximum Gasteiger partial charge on any atom is 0.272 e. The molecule has 1 N–H and O–H groups in total. The molecule has 110 valence electrons. The first-order valence-electron chi connectivity index (χ1n) is 6.89. The Bertz CT molecular complexity index is 477.